The van der Waals surface area contributed by atoms with E-state index in [2.05, 4.69) is 4.98 Å². The summed E-state index contributed by atoms with van der Waals surface area (Å²) in [6, 6.07) is 8.41. The summed E-state index contributed by atoms with van der Waals surface area (Å²) < 4.78 is 10.9. The number of pyridine rings is 1. The number of ether oxygens (including phenoxy) is 2. The van der Waals surface area contributed by atoms with Crippen molar-refractivity contribution in [2.45, 2.75) is 6.92 Å². The van der Waals surface area contributed by atoms with Crippen LogP contribution in [0.15, 0.2) is 30.3 Å². The van der Waals surface area contributed by atoms with Crippen LogP contribution in [-0.4, -0.2) is 11.6 Å². The fraction of sp³-hybridized carbons (Fsp3) is 0.154. The molecule has 100 valence electrons. The van der Waals surface area contributed by atoms with E-state index >= 15 is 0 Å². The zero-order valence-electron chi connectivity index (χ0n) is 10.2. The summed E-state index contributed by atoms with van der Waals surface area (Å²) in [5, 5.41) is 0.750. The summed E-state index contributed by atoms with van der Waals surface area (Å²) in [6.07, 6.45) is 0. The van der Waals surface area contributed by atoms with Crippen LogP contribution >= 0.6 is 23.2 Å². The smallest absolute Gasteiger partial charge is 0.240 e. The van der Waals surface area contributed by atoms with Gasteiger partial charge >= 0.3 is 0 Å². The number of nitrogens with two attached hydrogens (primary N) is 1. The predicted octanol–water partition coefficient (Wildman–Crippen LogP) is 4.16. The standard InChI is InChI=1S/C13H12Cl2N2O2/c1-2-18-13-9(16)6-7-11(17-13)19-10-5-3-4-8(14)12(10)15/h3-7H,2,16H2,1H3. The molecule has 0 saturated heterocycles. The van der Waals surface area contributed by atoms with Gasteiger partial charge in [0, 0.05) is 6.07 Å². The van der Waals surface area contributed by atoms with Crippen LogP contribution in [0.3, 0.4) is 0 Å². The van der Waals surface area contributed by atoms with Crippen LogP contribution in [0.4, 0.5) is 5.69 Å². The molecule has 0 aliphatic rings. The van der Waals surface area contributed by atoms with E-state index in [1.807, 2.05) is 6.92 Å². The Kier molecular flexibility index (Phi) is 4.35. The summed E-state index contributed by atoms with van der Waals surface area (Å²) in [6.45, 7) is 2.32. The molecule has 1 aromatic heterocycles. The van der Waals surface area contributed by atoms with Crippen molar-refractivity contribution in [1.82, 2.24) is 4.98 Å². The number of anilines is 1. The highest BCUT2D eigenvalue weighted by Crippen LogP contribution is 2.35. The Bertz CT molecular complexity index is 591. The zero-order valence-corrected chi connectivity index (χ0v) is 11.7. The molecule has 0 atom stereocenters. The first kappa shape index (κ1) is 13.8. The van der Waals surface area contributed by atoms with Crippen LogP contribution in [0.25, 0.3) is 0 Å². The predicted molar refractivity (Wildman–Crippen MR) is 76.4 cm³/mol. The van der Waals surface area contributed by atoms with Crippen LogP contribution in [0.1, 0.15) is 6.92 Å². The number of hydrogen-bond acceptors (Lipinski definition) is 4. The second kappa shape index (κ2) is 5.99. The number of halogens is 2. The highest BCUT2D eigenvalue weighted by atomic mass is 35.5. The molecule has 2 N–H and O–H groups in total. The Morgan fingerprint density at radius 2 is 2.00 bits per heavy atom. The van der Waals surface area contributed by atoms with Crippen molar-refractivity contribution in [2.24, 2.45) is 0 Å². The molecule has 0 aliphatic heterocycles. The minimum atomic E-state index is 0.332. The summed E-state index contributed by atoms with van der Waals surface area (Å²) >= 11 is 11.9. The molecule has 0 saturated carbocycles. The Morgan fingerprint density at radius 3 is 2.74 bits per heavy atom. The van der Waals surface area contributed by atoms with Gasteiger partial charge in [-0.2, -0.15) is 4.98 Å². The first-order valence-corrected chi connectivity index (χ1v) is 6.38. The van der Waals surface area contributed by atoms with Crippen molar-refractivity contribution in [3.8, 4) is 17.5 Å². The monoisotopic (exact) mass is 298 g/mol. The quantitative estimate of drug-likeness (QED) is 0.921. The molecule has 4 nitrogen and oxygen atoms in total. The molecule has 0 aliphatic carbocycles. The molecule has 2 rings (SSSR count). The van der Waals surface area contributed by atoms with Crippen LogP contribution in [0.5, 0.6) is 17.5 Å². The fourth-order valence-corrected chi connectivity index (χ4v) is 1.75. The number of rotatable bonds is 4. The maximum Gasteiger partial charge on any atom is 0.240 e. The van der Waals surface area contributed by atoms with E-state index < -0.39 is 0 Å². The first-order chi connectivity index (χ1) is 9.11. The molecule has 0 fully saturated rings. The van der Waals surface area contributed by atoms with E-state index in [4.69, 9.17) is 38.4 Å². The van der Waals surface area contributed by atoms with E-state index in [0.717, 1.165) is 0 Å². The molecule has 0 unspecified atom stereocenters. The number of aromatic nitrogens is 1. The second-order valence-electron chi connectivity index (χ2n) is 3.63. The molecule has 0 spiro atoms. The van der Waals surface area contributed by atoms with Gasteiger partial charge < -0.3 is 15.2 Å². The molecule has 1 heterocycles. The molecular weight excluding hydrogens is 287 g/mol. The Hall–Kier alpha value is -1.65. The number of hydrogen-bond donors (Lipinski definition) is 1. The van der Waals surface area contributed by atoms with E-state index in [0.29, 0.717) is 39.8 Å². The Balaban J connectivity index is 2.28. The van der Waals surface area contributed by atoms with E-state index in [9.17, 15) is 0 Å². The van der Waals surface area contributed by atoms with E-state index in [1.165, 1.54) is 0 Å². The minimum absolute atomic E-state index is 0.332. The third-order valence-corrected chi connectivity index (χ3v) is 3.08. The number of nitrogens with zero attached hydrogens (tertiary/aromatic N) is 1. The third kappa shape index (κ3) is 3.22. The summed E-state index contributed by atoms with van der Waals surface area (Å²) in [5.41, 5.74) is 6.18. The van der Waals surface area contributed by atoms with E-state index in [1.54, 1.807) is 30.3 Å². The van der Waals surface area contributed by atoms with Crippen molar-refractivity contribution in [3.63, 3.8) is 0 Å². The average Bonchev–Trinajstić information content (AvgIpc) is 2.39. The molecule has 0 bridgehead atoms. The Labute approximate surface area is 121 Å². The molecular formula is C13H12Cl2N2O2. The lowest BCUT2D eigenvalue weighted by Gasteiger charge is -2.10. The Morgan fingerprint density at radius 1 is 1.21 bits per heavy atom. The van der Waals surface area contributed by atoms with Crippen LogP contribution in [-0.2, 0) is 0 Å². The van der Waals surface area contributed by atoms with Gasteiger partial charge in [0.25, 0.3) is 0 Å². The fourth-order valence-electron chi connectivity index (χ4n) is 1.42. The summed E-state index contributed by atoms with van der Waals surface area (Å²) in [7, 11) is 0. The van der Waals surface area contributed by atoms with Gasteiger partial charge in [-0.25, -0.2) is 0 Å². The maximum atomic E-state index is 6.03. The van der Waals surface area contributed by atoms with Gasteiger partial charge in [-0.05, 0) is 25.1 Å². The van der Waals surface area contributed by atoms with Gasteiger partial charge in [0.05, 0.1) is 17.3 Å². The number of benzene rings is 1. The lowest BCUT2D eigenvalue weighted by atomic mass is 10.3. The first-order valence-electron chi connectivity index (χ1n) is 5.63. The average molecular weight is 299 g/mol. The molecule has 19 heavy (non-hydrogen) atoms. The van der Waals surface area contributed by atoms with Crippen molar-refractivity contribution >= 4 is 28.9 Å². The van der Waals surface area contributed by atoms with Gasteiger partial charge in [-0.15, -0.1) is 0 Å². The molecule has 0 amide bonds. The van der Waals surface area contributed by atoms with Crippen molar-refractivity contribution in [1.29, 1.82) is 0 Å². The SMILES string of the molecule is CCOc1nc(Oc2cccc(Cl)c2Cl)ccc1N. The van der Waals surface area contributed by atoms with Gasteiger partial charge in [-0.1, -0.05) is 29.3 Å². The minimum Gasteiger partial charge on any atom is -0.476 e. The topological polar surface area (TPSA) is 57.4 Å². The highest BCUT2D eigenvalue weighted by molar-refractivity contribution is 6.42. The lowest BCUT2D eigenvalue weighted by Crippen LogP contribution is -2.00. The number of nitrogen functional groups attached to an aromatic ring is 1. The van der Waals surface area contributed by atoms with Crippen LogP contribution < -0.4 is 15.2 Å². The molecule has 1 aromatic carbocycles. The largest absolute Gasteiger partial charge is 0.476 e. The third-order valence-electron chi connectivity index (χ3n) is 2.28. The van der Waals surface area contributed by atoms with E-state index in [-0.39, 0.29) is 0 Å². The second-order valence-corrected chi connectivity index (χ2v) is 4.42. The van der Waals surface area contributed by atoms with Crippen molar-refractivity contribution in [3.05, 3.63) is 40.4 Å². The molecule has 2 aromatic rings. The lowest BCUT2D eigenvalue weighted by molar-refractivity contribution is 0.323. The summed E-state index contributed by atoms with van der Waals surface area (Å²) in [5.74, 6) is 1.09. The van der Waals surface area contributed by atoms with Gasteiger partial charge in [0.1, 0.15) is 10.8 Å². The van der Waals surface area contributed by atoms with Crippen molar-refractivity contribution in [2.75, 3.05) is 12.3 Å². The highest BCUT2D eigenvalue weighted by Gasteiger charge is 2.09. The van der Waals surface area contributed by atoms with Crippen LogP contribution in [0.2, 0.25) is 10.0 Å². The van der Waals surface area contributed by atoms with Gasteiger partial charge in [0.15, 0.2) is 0 Å². The maximum absolute atomic E-state index is 6.03. The molecule has 6 heteroatoms. The summed E-state index contributed by atoms with van der Waals surface area (Å²) in [4.78, 5) is 4.16. The van der Waals surface area contributed by atoms with Gasteiger partial charge in [0.2, 0.25) is 11.8 Å². The molecule has 0 radical (unpaired) electrons. The van der Waals surface area contributed by atoms with Gasteiger partial charge in [-0.3, -0.25) is 0 Å². The normalized spacial score (nSPS) is 10.3. The van der Waals surface area contributed by atoms with Crippen molar-refractivity contribution < 1.29 is 9.47 Å². The van der Waals surface area contributed by atoms with Crippen LogP contribution in [0, 0.1) is 0 Å². The zero-order chi connectivity index (χ0) is 13.8.